The number of ether oxygens (including phenoxy) is 1. The maximum Gasteiger partial charge on any atom is 0.0536 e. The highest BCUT2D eigenvalue weighted by Gasteiger charge is 2.31. The molecule has 4 nitrogen and oxygen atoms in total. The van der Waals surface area contributed by atoms with E-state index in [-0.39, 0.29) is 5.41 Å². The van der Waals surface area contributed by atoms with Gasteiger partial charge in [-0.3, -0.25) is 4.98 Å². The molecule has 100 valence electrons. The van der Waals surface area contributed by atoms with Crippen LogP contribution in [0.1, 0.15) is 18.4 Å². The summed E-state index contributed by atoms with van der Waals surface area (Å²) in [5.41, 5.74) is 2.63. The van der Waals surface area contributed by atoms with E-state index in [1.165, 1.54) is 11.3 Å². The molecule has 2 rings (SSSR count). The molecule has 0 aromatic carbocycles. The fraction of sp³-hybridized carbons (Fsp3) is 0.643. The summed E-state index contributed by atoms with van der Waals surface area (Å²) in [5.74, 6) is 0. The van der Waals surface area contributed by atoms with Crippen molar-refractivity contribution < 1.29 is 4.74 Å². The Labute approximate surface area is 109 Å². The van der Waals surface area contributed by atoms with Gasteiger partial charge in [-0.25, -0.2) is 0 Å². The molecular formula is C14H23N3O. The third-order valence-corrected chi connectivity index (χ3v) is 3.79. The molecule has 0 amide bonds. The maximum absolute atomic E-state index is 5.42. The first-order chi connectivity index (χ1) is 8.76. The molecule has 0 spiro atoms. The number of hydrogen-bond acceptors (Lipinski definition) is 4. The molecule has 0 radical (unpaired) electrons. The summed E-state index contributed by atoms with van der Waals surface area (Å²) < 4.78 is 5.42. The van der Waals surface area contributed by atoms with Crippen molar-refractivity contribution in [1.82, 2.24) is 10.3 Å². The molecule has 1 aromatic rings. The average molecular weight is 249 g/mol. The Morgan fingerprint density at radius 3 is 2.89 bits per heavy atom. The van der Waals surface area contributed by atoms with Crippen LogP contribution < -0.4 is 10.6 Å². The molecule has 0 unspecified atom stereocenters. The standard InChI is InChI=1S/C14H23N3O/c1-12-9-16-6-3-13(12)17-10-14(11-18-2)4-7-15-8-5-14/h3,6,9,15H,4-5,7-8,10-11H2,1-2H3,(H,16,17). The summed E-state index contributed by atoms with van der Waals surface area (Å²) in [7, 11) is 1.79. The molecule has 0 atom stereocenters. The molecule has 0 saturated carbocycles. The van der Waals surface area contributed by atoms with Gasteiger partial charge in [0.1, 0.15) is 0 Å². The van der Waals surface area contributed by atoms with Crippen molar-refractivity contribution in [2.24, 2.45) is 5.41 Å². The van der Waals surface area contributed by atoms with Gasteiger partial charge in [0.05, 0.1) is 6.61 Å². The summed E-state index contributed by atoms with van der Waals surface area (Å²) >= 11 is 0. The van der Waals surface area contributed by atoms with Crippen LogP contribution in [0.5, 0.6) is 0 Å². The highest BCUT2D eigenvalue weighted by molar-refractivity contribution is 5.48. The van der Waals surface area contributed by atoms with Crippen LogP contribution in [0.15, 0.2) is 18.5 Å². The Kier molecular flexibility index (Phi) is 4.55. The Hall–Kier alpha value is -1.13. The van der Waals surface area contributed by atoms with Crippen LogP contribution in [0, 0.1) is 12.3 Å². The van der Waals surface area contributed by atoms with Gasteiger partial charge in [0.25, 0.3) is 0 Å². The molecule has 18 heavy (non-hydrogen) atoms. The molecule has 1 aliphatic heterocycles. The van der Waals surface area contributed by atoms with Gasteiger partial charge >= 0.3 is 0 Å². The topological polar surface area (TPSA) is 46.2 Å². The van der Waals surface area contributed by atoms with Crippen LogP contribution in [0.2, 0.25) is 0 Å². The number of rotatable bonds is 5. The lowest BCUT2D eigenvalue weighted by atomic mass is 9.79. The van der Waals surface area contributed by atoms with Crippen molar-refractivity contribution in [2.45, 2.75) is 19.8 Å². The smallest absolute Gasteiger partial charge is 0.0536 e. The molecule has 1 aliphatic rings. The van der Waals surface area contributed by atoms with Crippen molar-refractivity contribution in [3.05, 3.63) is 24.0 Å². The lowest BCUT2D eigenvalue weighted by molar-refractivity contribution is 0.0636. The van der Waals surface area contributed by atoms with Crippen LogP contribution in [-0.4, -0.2) is 38.3 Å². The second-order valence-corrected chi connectivity index (χ2v) is 5.23. The van der Waals surface area contributed by atoms with Gasteiger partial charge in [-0.15, -0.1) is 0 Å². The minimum atomic E-state index is 0.260. The van der Waals surface area contributed by atoms with E-state index in [1.807, 2.05) is 18.5 Å². The molecule has 1 fully saturated rings. The predicted octanol–water partition coefficient (Wildman–Crippen LogP) is 1.82. The molecule has 4 heteroatoms. The average Bonchev–Trinajstić information content (AvgIpc) is 2.39. The van der Waals surface area contributed by atoms with E-state index in [1.54, 1.807) is 7.11 Å². The van der Waals surface area contributed by atoms with Crippen LogP contribution in [0.25, 0.3) is 0 Å². The largest absolute Gasteiger partial charge is 0.384 e. The summed E-state index contributed by atoms with van der Waals surface area (Å²) in [5, 5.41) is 6.97. The van der Waals surface area contributed by atoms with E-state index in [2.05, 4.69) is 22.5 Å². The molecule has 0 bridgehead atoms. The fourth-order valence-corrected chi connectivity index (χ4v) is 2.59. The number of pyridine rings is 1. The van der Waals surface area contributed by atoms with Crippen LogP contribution in [-0.2, 0) is 4.74 Å². The highest BCUT2D eigenvalue weighted by atomic mass is 16.5. The van der Waals surface area contributed by atoms with Crippen molar-refractivity contribution in [2.75, 3.05) is 38.7 Å². The SMILES string of the molecule is COCC1(CNc2ccncc2C)CCNCC1. The quantitative estimate of drug-likeness (QED) is 0.835. The maximum atomic E-state index is 5.42. The number of aromatic nitrogens is 1. The van der Waals surface area contributed by atoms with Crippen molar-refractivity contribution in [1.29, 1.82) is 0 Å². The minimum absolute atomic E-state index is 0.260. The van der Waals surface area contributed by atoms with Gasteiger partial charge in [-0.2, -0.15) is 0 Å². The van der Waals surface area contributed by atoms with Crippen molar-refractivity contribution >= 4 is 5.69 Å². The monoisotopic (exact) mass is 249 g/mol. The van der Waals surface area contributed by atoms with E-state index in [0.717, 1.165) is 39.1 Å². The lowest BCUT2D eigenvalue weighted by Crippen LogP contribution is -2.44. The van der Waals surface area contributed by atoms with Crippen LogP contribution >= 0.6 is 0 Å². The van der Waals surface area contributed by atoms with Gasteiger partial charge in [-0.1, -0.05) is 0 Å². The number of anilines is 1. The van der Waals surface area contributed by atoms with Crippen molar-refractivity contribution in [3.63, 3.8) is 0 Å². The van der Waals surface area contributed by atoms with E-state index < -0.39 is 0 Å². The van der Waals surface area contributed by atoms with Crippen molar-refractivity contribution in [3.8, 4) is 0 Å². The molecule has 1 saturated heterocycles. The van der Waals surface area contributed by atoms with Gasteiger partial charge in [0.2, 0.25) is 0 Å². The number of methoxy groups -OCH3 is 1. The molecule has 2 N–H and O–H groups in total. The number of hydrogen-bond donors (Lipinski definition) is 2. The lowest BCUT2D eigenvalue weighted by Gasteiger charge is -2.37. The van der Waals surface area contributed by atoms with E-state index in [4.69, 9.17) is 4.74 Å². The fourth-order valence-electron chi connectivity index (χ4n) is 2.59. The van der Waals surface area contributed by atoms with Crippen LogP contribution in [0.4, 0.5) is 5.69 Å². The van der Waals surface area contributed by atoms with Gasteiger partial charge < -0.3 is 15.4 Å². The normalized spacial score (nSPS) is 18.6. The van der Waals surface area contributed by atoms with Gasteiger partial charge in [-0.05, 0) is 44.5 Å². The number of aryl methyl sites for hydroxylation is 1. The highest BCUT2D eigenvalue weighted by Crippen LogP contribution is 2.29. The molecule has 1 aromatic heterocycles. The van der Waals surface area contributed by atoms with E-state index in [9.17, 15) is 0 Å². The minimum Gasteiger partial charge on any atom is -0.384 e. The predicted molar refractivity (Wildman–Crippen MR) is 73.9 cm³/mol. The molecular weight excluding hydrogens is 226 g/mol. The first-order valence-corrected chi connectivity index (χ1v) is 6.60. The van der Waals surface area contributed by atoms with E-state index >= 15 is 0 Å². The first-order valence-electron chi connectivity index (χ1n) is 6.60. The second-order valence-electron chi connectivity index (χ2n) is 5.23. The Bertz CT molecular complexity index is 370. The third kappa shape index (κ3) is 3.21. The second kappa shape index (κ2) is 6.16. The Morgan fingerprint density at radius 2 is 2.22 bits per heavy atom. The summed E-state index contributed by atoms with van der Waals surface area (Å²) in [6.07, 6.45) is 6.06. The number of nitrogens with one attached hydrogen (secondary N) is 2. The van der Waals surface area contributed by atoms with E-state index in [0.29, 0.717) is 0 Å². The molecule has 0 aliphatic carbocycles. The third-order valence-electron chi connectivity index (χ3n) is 3.79. The number of piperidine rings is 1. The van der Waals surface area contributed by atoms with Gasteiger partial charge in [0.15, 0.2) is 0 Å². The summed E-state index contributed by atoms with van der Waals surface area (Å²) in [4.78, 5) is 4.12. The van der Waals surface area contributed by atoms with Crippen LogP contribution in [0.3, 0.4) is 0 Å². The Morgan fingerprint density at radius 1 is 1.44 bits per heavy atom. The zero-order valence-electron chi connectivity index (χ0n) is 11.3. The number of nitrogens with zero attached hydrogens (tertiary/aromatic N) is 1. The zero-order valence-corrected chi connectivity index (χ0v) is 11.3. The molecule has 2 heterocycles. The Balaban J connectivity index is 1.99. The zero-order chi connectivity index (χ0) is 12.8. The van der Waals surface area contributed by atoms with Gasteiger partial charge in [0, 0.05) is 37.2 Å². The first kappa shape index (κ1) is 13.3. The summed E-state index contributed by atoms with van der Waals surface area (Å²) in [6, 6.07) is 2.04. The summed E-state index contributed by atoms with van der Waals surface area (Å²) in [6.45, 7) is 6.04.